The Bertz CT molecular complexity index is 1210. The molecule has 6 nitrogen and oxygen atoms in total. The predicted octanol–water partition coefficient (Wildman–Crippen LogP) is 3.41. The molecule has 1 fully saturated rings. The van der Waals surface area contributed by atoms with Gasteiger partial charge in [0.2, 0.25) is 5.91 Å². The molecule has 0 bridgehead atoms. The Balaban J connectivity index is 1.52. The lowest BCUT2D eigenvalue weighted by Crippen LogP contribution is -2.51. The van der Waals surface area contributed by atoms with Crippen LogP contribution < -0.4 is 4.90 Å². The van der Waals surface area contributed by atoms with Crippen molar-refractivity contribution < 1.29 is 9.59 Å². The van der Waals surface area contributed by atoms with Crippen LogP contribution >= 0.6 is 0 Å². The minimum atomic E-state index is -0.204. The third kappa shape index (κ3) is 2.63. The maximum atomic E-state index is 13.4. The molecule has 3 aliphatic heterocycles. The van der Waals surface area contributed by atoms with E-state index in [1.54, 1.807) is 0 Å². The van der Waals surface area contributed by atoms with Crippen LogP contribution in [0.1, 0.15) is 40.6 Å². The van der Waals surface area contributed by atoms with Crippen LogP contribution in [0.2, 0.25) is 0 Å². The van der Waals surface area contributed by atoms with Crippen LogP contribution in [0.4, 0.5) is 5.69 Å². The maximum absolute atomic E-state index is 13.4. The summed E-state index contributed by atoms with van der Waals surface area (Å²) in [5.74, 6) is 0.246. The van der Waals surface area contributed by atoms with Crippen LogP contribution in [0.5, 0.6) is 0 Å². The van der Waals surface area contributed by atoms with Crippen molar-refractivity contribution in [3.63, 3.8) is 0 Å². The van der Waals surface area contributed by atoms with Crippen molar-refractivity contribution in [3.8, 4) is 0 Å². The van der Waals surface area contributed by atoms with E-state index in [9.17, 15) is 9.59 Å². The Morgan fingerprint density at radius 1 is 1.00 bits per heavy atom. The second kappa shape index (κ2) is 6.87. The summed E-state index contributed by atoms with van der Waals surface area (Å²) in [6.07, 6.45) is 2.77. The third-order valence-corrected chi connectivity index (χ3v) is 7.16. The zero-order chi connectivity index (χ0) is 21.1. The zero-order valence-corrected chi connectivity index (χ0v) is 17.8. The molecule has 6 rings (SSSR count). The van der Waals surface area contributed by atoms with Gasteiger partial charge in [-0.1, -0.05) is 30.3 Å². The number of amides is 2. The molecule has 0 spiro atoms. The maximum Gasteiger partial charge on any atom is 0.257 e. The fourth-order valence-corrected chi connectivity index (χ4v) is 5.68. The topological polar surface area (TPSA) is 48.8 Å². The number of anilines is 1. The highest BCUT2D eigenvalue weighted by Crippen LogP contribution is 2.44. The molecule has 31 heavy (non-hydrogen) atoms. The Kier molecular flexibility index (Phi) is 4.10. The van der Waals surface area contributed by atoms with Crippen LogP contribution in [-0.4, -0.2) is 52.9 Å². The summed E-state index contributed by atoms with van der Waals surface area (Å²) in [5.41, 5.74) is 5.14. The van der Waals surface area contributed by atoms with Gasteiger partial charge in [-0.2, -0.15) is 0 Å². The smallest absolute Gasteiger partial charge is 0.257 e. The van der Waals surface area contributed by atoms with Gasteiger partial charge in [0.1, 0.15) is 12.7 Å². The molecule has 1 saturated heterocycles. The molecule has 3 aromatic rings. The Hall–Kier alpha value is -3.28. The number of nitrogens with zero attached hydrogens (tertiary/aromatic N) is 4. The summed E-state index contributed by atoms with van der Waals surface area (Å²) >= 11 is 0. The molecule has 2 aromatic carbocycles. The van der Waals surface area contributed by atoms with Crippen LogP contribution in [-0.2, 0) is 17.8 Å². The molecule has 4 heterocycles. The molecular weight excluding hydrogens is 388 g/mol. The molecule has 1 atom stereocenters. The largest absolute Gasteiger partial charge is 0.349 e. The van der Waals surface area contributed by atoms with Crippen molar-refractivity contribution in [2.45, 2.75) is 32.0 Å². The summed E-state index contributed by atoms with van der Waals surface area (Å²) < 4.78 is 2.18. The highest BCUT2D eigenvalue weighted by Gasteiger charge is 2.43. The molecule has 1 unspecified atom stereocenters. The van der Waals surface area contributed by atoms with E-state index in [0.29, 0.717) is 13.1 Å². The zero-order valence-electron chi connectivity index (χ0n) is 17.8. The van der Waals surface area contributed by atoms with E-state index in [2.05, 4.69) is 34.7 Å². The van der Waals surface area contributed by atoms with Crippen LogP contribution in [0.25, 0.3) is 10.9 Å². The average Bonchev–Trinajstić information content (AvgIpc) is 3.45. The van der Waals surface area contributed by atoms with E-state index >= 15 is 0 Å². The summed E-state index contributed by atoms with van der Waals surface area (Å²) in [6, 6.07) is 16.2. The van der Waals surface area contributed by atoms with Crippen LogP contribution in [0.15, 0.2) is 48.5 Å². The van der Waals surface area contributed by atoms with Crippen molar-refractivity contribution in [1.29, 1.82) is 0 Å². The summed E-state index contributed by atoms with van der Waals surface area (Å²) in [4.78, 5) is 32.7. The lowest BCUT2D eigenvalue weighted by molar-refractivity contribution is -0.130. The van der Waals surface area contributed by atoms with Gasteiger partial charge in [-0.05, 0) is 43.0 Å². The molecule has 3 aliphatic rings. The number of likely N-dealkylation sites (tertiary alicyclic amines) is 1. The Morgan fingerprint density at radius 2 is 1.74 bits per heavy atom. The van der Waals surface area contributed by atoms with E-state index < -0.39 is 0 Å². The van der Waals surface area contributed by atoms with Crippen molar-refractivity contribution >= 4 is 28.4 Å². The highest BCUT2D eigenvalue weighted by atomic mass is 16.2. The lowest BCUT2D eigenvalue weighted by atomic mass is 9.96. The lowest BCUT2D eigenvalue weighted by Gasteiger charge is -2.46. The summed E-state index contributed by atoms with van der Waals surface area (Å²) in [5, 5.41) is 1.20. The Morgan fingerprint density at radius 3 is 2.58 bits per heavy atom. The molecule has 6 heteroatoms. The van der Waals surface area contributed by atoms with Crippen molar-refractivity contribution in [3.05, 3.63) is 65.4 Å². The monoisotopic (exact) mass is 414 g/mol. The van der Waals surface area contributed by atoms with Gasteiger partial charge in [0, 0.05) is 37.6 Å². The van der Waals surface area contributed by atoms with Crippen molar-refractivity contribution in [1.82, 2.24) is 14.4 Å². The van der Waals surface area contributed by atoms with E-state index in [-0.39, 0.29) is 18.0 Å². The minimum Gasteiger partial charge on any atom is -0.349 e. The van der Waals surface area contributed by atoms with Crippen LogP contribution in [0, 0.1) is 0 Å². The van der Waals surface area contributed by atoms with E-state index in [4.69, 9.17) is 0 Å². The molecule has 1 aromatic heterocycles. The standard InChI is InChI=1S/C25H26N4O2/c1-26-20-10-4-3-9-19(20)25(31)28-15-12-18-17-8-2-5-11-21(17)29(23(18)24(26)28)16-22(30)27-13-6-7-14-27/h2-5,8-11,24H,6-7,12-16H2,1H3. The van der Waals surface area contributed by atoms with E-state index in [1.165, 1.54) is 10.9 Å². The van der Waals surface area contributed by atoms with E-state index in [1.807, 2.05) is 40.1 Å². The summed E-state index contributed by atoms with van der Waals surface area (Å²) in [7, 11) is 2.06. The van der Waals surface area contributed by atoms with Gasteiger partial charge < -0.3 is 19.3 Å². The van der Waals surface area contributed by atoms with Gasteiger partial charge in [-0.25, -0.2) is 0 Å². The second-order valence-corrected chi connectivity index (χ2v) is 8.81. The first-order valence-electron chi connectivity index (χ1n) is 11.2. The Labute approximate surface area is 181 Å². The number of carbonyl (C=O) groups excluding carboxylic acids is 2. The fraction of sp³-hybridized carbons (Fsp3) is 0.360. The van der Waals surface area contributed by atoms with Gasteiger partial charge in [-0.15, -0.1) is 0 Å². The number of hydrogen-bond acceptors (Lipinski definition) is 3. The second-order valence-electron chi connectivity index (χ2n) is 8.81. The molecule has 0 saturated carbocycles. The van der Waals surface area contributed by atoms with Gasteiger partial charge in [0.05, 0.1) is 16.9 Å². The van der Waals surface area contributed by atoms with Crippen molar-refractivity contribution in [2.24, 2.45) is 0 Å². The summed E-state index contributed by atoms with van der Waals surface area (Å²) in [6.45, 7) is 2.70. The number of aromatic nitrogens is 1. The van der Waals surface area contributed by atoms with Gasteiger partial charge in [0.25, 0.3) is 5.91 Å². The van der Waals surface area contributed by atoms with E-state index in [0.717, 1.165) is 54.8 Å². The molecule has 2 amide bonds. The molecule has 0 N–H and O–H groups in total. The number of benzene rings is 2. The average molecular weight is 415 g/mol. The van der Waals surface area contributed by atoms with Gasteiger partial charge in [0.15, 0.2) is 0 Å². The molecule has 158 valence electrons. The number of para-hydroxylation sites is 2. The fourth-order valence-electron chi connectivity index (χ4n) is 5.68. The minimum absolute atomic E-state index is 0.0759. The third-order valence-electron chi connectivity index (χ3n) is 7.16. The normalized spacial score (nSPS) is 20.1. The number of carbonyl (C=O) groups is 2. The molecule has 0 aliphatic carbocycles. The quantitative estimate of drug-likeness (QED) is 0.646. The number of hydrogen-bond donors (Lipinski definition) is 0. The SMILES string of the molecule is CN1c2ccccc2C(=O)N2CCc3c(n(CC(=O)N4CCCC4)c4ccccc34)C21. The first-order chi connectivity index (χ1) is 15.1. The number of fused-ring (bicyclic) bond motifs is 6. The number of rotatable bonds is 2. The molecular formula is C25H26N4O2. The van der Waals surface area contributed by atoms with Crippen LogP contribution in [0.3, 0.4) is 0 Å². The first-order valence-corrected chi connectivity index (χ1v) is 11.2. The van der Waals surface area contributed by atoms with Gasteiger partial charge in [-0.3, -0.25) is 9.59 Å². The molecule has 0 radical (unpaired) electrons. The predicted molar refractivity (Wildman–Crippen MR) is 120 cm³/mol. The van der Waals surface area contributed by atoms with Crippen molar-refractivity contribution in [2.75, 3.05) is 31.6 Å². The highest BCUT2D eigenvalue weighted by molar-refractivity contribution is 6.02. The first kappa shape index (κ1) is 18.5. The van der Waals surface area contributed by atoms with Gasteiger partial charge >= 0.3 is 0 Å².